The monoisotopic (exact) mass is 401 g/mol. The van der Waals surface area contributed by atoms with Crippen molar-refractivity contribution in [1.29, 1.82) is 5.26 Å². The number of nitrogens with zero attached hydrogens (tertiary/aromatic N) is 4. The van der Waals surface area contributed by atoms with Crippen LogP contribution in [0.1, 0.15) is 25.8 Å². The number of hydrogen-bond acceptors (Lipinski definition) is 6. The van der Waals surface area contributed by atoms with Gasteiger partial charge in [0.2, 0.25) is 5.95 Å². The second-order valence-corrected chi connectivity index (χ2v) is 8.41. The third-order valence-electron chi connectivity index (χ3n) is 3.87. The van der Waals surface area contributed by atoms with Gasteiger partial charge in [0.1, 0.15) is 11.6 Å². The first-order valence-electron chi connectivity index (χ1n) is 8.63. The van der Waals surface area contributed by atoms with Gasteiger partial charge in [-0.25, -0.2) is 9.78 Å². The predicted octanol–water partition coefficient (Wildman–Crippen LogP) is 3.80. The molecule has 0 radical (unpaired) electrons. The van der Waals surface area contributed by atoms with Crippen molar-refractivity contribution in [2.45, 2.75) is 38.8 Å². The van der Waals surface area contributed by atoms with Crippen LogP contribution >= 0.6 is 11.3 Å². The lowest BCUT2D eigenvalue weighted by atomic mass is 10.1. The van der Waals surface area contributed by atoms with Crippen LogP contribution in [0.15, 0.2) is 24.4 Å². The van der Waals surface area contributed by atoms with Crippen LogP contribution in [0, 0.1) is 17.3 Å². The molecule has 3 aromatic rings. The summed E-state index contributed by atoms with van der Waals surface area (Å²) in [6.45, 7) is 5.27. The number of ether oxygens (including phenoxy) is 1. The van der Waals surface area contributed by atoms with Crippen molar-refractivity contribution in [2.24, 2.45) is 7.05 Å². The number of amides is 1. The van der Waals surface area contributed by atoms with E-state index in [1.165, 1.54) is 16.0 Å². The molecule has 0 aliphatic heterocycles. The van der Waals surface area contributed by atoms with Crippen molar-refractivity contribution < 1.29 is 13.9 Å². The van der Waals surface area contributed by atoms with Crippen LogP contribution in [0.25, 0.3) is 21.3 Å². The van der Waals surface area contributed by atoms with E-state index in [-0.39, 0.29) is 6.42 Å². The minimum Gasteiger partial charge on any atom is -0.444 e. The summed E-state index contributed by atoms with van der Waals surface area (Å²) in [5.41, 5.74) is 0.932. The lowest BCUT2D eigenvalue weighted by Crippen LogP contribution is -2.39. The SMILES string of the molecule is Cn1nc(F)c2ccc(-c3cnc(C[C@@H](C#N)NC(=O)OC(C)(C)C)s3)cc21. The molecule has 0 bridgehead atoms. The lowest BCUT2D eigenvalue weighted by molar-refractivity contribution is 0.0516. The fourth-order valence-electron chi connectivity index (χ4n) is 2.66. The van der Waals surface area contributed by atoms with Gasteiger partial charge in [-0.05, 0) is 38.5 Å². The summed E-state index contributed by atoms with van der Waals surface area (Å²) >= 11 is 1.41. The quantitative estimate of drug-likeness (QED) is 0.718. The minimum absolute atomic E-state index is 0.267. The van der Waals surface area contributed by atoms with Gasteiger partial charge in [-0.15, -0.1) is 16.4 Å². The van der Waals surface area contributed by atoms with Crippen LogP contribution in [0.3, 0.4) is 0 Å². The summed E-state index contributed by atoms with van der Waals surface area (Å²) in [6, 6.07) is 6.65. The maximum Gasteiger partial charge on any atom is 0.408 e. The average molecular weight is 401 g/mol. The number of thiazole rings is 1. The molecule has 0 aliphatic carbocycles. The number of nitrogens with one attached hydrogen (secondary N) is 1. The number of nitriles is 1. The molecule has 0 aliphatic rings. The van der Waals surface area contributed by atoms with Crippen LogP contribution in [0.5, 0.6) is 0 Å². The van der Waals surface area contributed by atoms with Crippen molar-refractivity contribution in [3.05, 3.63) is 35.4 Å². The Balaban J connectivity index is 1.74. The molecule has 28 heavy (non-hydrogen) atoms. The largest absolute Gasteiger partial charge is 0.444 e. The lowest BCUT2D eigenvalue weighted by Gasteiger charge is -2.20. The van der Waals surface area contributed by atoms with Gasteiger partial charge in [0, 0.05) is 19.7 Å². The summed E-state index contributed by atoms with van der Waals surface area (Å²) in [7, 11) is 1.69. The Morgan fingerprint density at radius 2 is 2.21 bits per heavy atom. The number of fused-ring (bicyclic) bond motifs is 1. The second-order valence-electron chi connectivity index (χ2n) is 7.30. The van der Waals surface area contributed by atoms with Gasteiger partial charge in [-0.2, -0.15) is 9.65 Å². The number of aromatic nitrogens is 3. The zero-order valence-corrected chi connectivity index (χ0v) is 16.8. The normalized spacial score (nSPS) is 12.6. The van der Waals surface area contributed by atoms with Crippen LogP contribution in [-0.2, 0) is 18.2 Å². The van der Waals surface area contributed by atoms with Crippen molar-refractivity contribution in [3.63, 3.8) is 0 Å². The van der Waals surface area contributed by atoms with E-state index in [1.54, 1.807) is 40.1 Å². The second kappa shape index (κ2) is 7.56. The Kier molecular flexibility index (Phi) is 5.34. The summed E-state index contributed by atoms with van der Waals surface area (Å²) < 4.78 is 20.4. The summed E-state index contributed by atoms with van der Waals surface area (Å²) in [5.74, 6) is -0.501. The van der Waals surface area contributed by atoms with Gasteiger partial charge >= 0.3 is 6.09 Å². The fourth-order valence-corrected chi connectivity index (χ4v) is 3.62. The molecular weight excluding hydrogens is 381 g/mol. The Morgan fingerprint density at radius 3 is 2.89 bits per heavy atom. The van der Waals surface area contributed by atoms with Gasteiger partial charge in [-0.1, -0.05) is 6.07 Å². The first kappa shape index (κ1) is 19.8. The van der Waals surface area contributed by atoms with E-state index in [4.69, 9.17) is 4.74 Å². The summed E-state index contributed by atoms with van der Waals surface area (Å²) in [4.78, 5) is 17.1. The maximum absolute atomic E-state index is 13.7. The Hall–Kier alpha value is -2.99. The number of aryl methyl sites for hydroxylation is 1. The highest BCUT2D eigenvalue weighted by molar-refractivity contribution is 7.15. The number of rotatable bonds is 4. The molecule has 7 nitrogen and oxygen atoms in total. The molecule has 2 heterocycles. The number of alkyl carbamates (subject to hydrolysis) is 1. The highest BCUT2D eigenvalue weighted by Gasteiger charge is 2.20. The third-order valence-corrected chi connectivity index (χ3v) is 4.94. The molecule has 1 amide bonds. The number of carbonyl (C=O) groups excluding carboxylic acids is 1. The average Bonchev–Trinajstić information content (AvgIpc) is 3.17. The van der Waals surface area contributed by atoms with E-state index in [2.05, 4.69) is 21.5 Å². The van der Waals surface area contributed by atoms with E-state index in [9.17, 15) is 14.4 Å². The van der Waals surface area contributed by atoms with Gasteiger partial charge < -0.3 is 10.1 Å². The topological polar surface area (TPSA) is 92.8 Å². The van der Waals surface area contributed by atoms with Crippen LogP contribution in [0.4, 0.5) is 9.18 Å². The molecule has 0 saturated heterocycles. The van der Waals surface area contributed by atoms with E-state index in [0.717, 1.165) is 10.4 Å². The fraction of sp³-hybridized carbons (Fsp3) is 0.368. The molecule has 2 aromatic heterocycles. The van der Waals surface area contributed by atoms with E-state index >= 15 is 0 Å². The number of halogens is 1. The molecule has 3 rings (SSSR count). The number of carbonyl (C=O) groups is 1. The summed E-state index contributed by atoms with van der Waals surface area (Å²) in [5, 5.41) is 16.8. The molecule has 9 heteroatoms. The van der Waals surface area contributed by atoms with Gasteiger partial charge in [0.25, 0.3) is 0 Å². The van der Waals surface area contributed by atoms with Gasteiger partial charge in [-0.3, -0.25) is 4.68 Å². The zero-order chi connectivity index (χ0) is 20.5. The molecule has 1 atom stereocenters. The molecule has 1 aromatic carbocycles. The van der Waals surface area contributed by atoms with Gasteiger partial charge in [0.15, 0.2) is 0 Å². The Bertz CT molecular complexity index is 1060. The van der Waals surface area contributed by atoms with Crippen LogP contribution in [0.2, 0.25) is 0 Å². The van der Waals surface area contributed by atoms with E-state index in [0.29, 0.717) is 15.9 Å². The van der Waals surface area contributed by atoms with E-state index in [1.807, 2.05) is 12.1 Å². The molecule has 0 unspecified atom stereocenters. The Labute approximate surface area is 165 Å². The number of benzene rings is 1. The molecular formula is C19H20FN5O2S. The number of hydrogen-bond donors (Lipinski definition) is 1. The standard InChI is InChI=1S/C19H20FN5O2S/c1-19(2,3)27-18(26)23-12(9-21)8-16-22-10-15(28-16)11-5-6-13-14(7-11)25(4)24-17(13)20/h5-7,10,12H,8H2,1-4H3,(H,23,26)/t12-/m0/s1. The van der Waals surface area contributed by atoms with Crippen molar-refractivity contribution >= 4 is 28.3 Å². The molecule has 146 valence electrons. The highest BCUT2D eigenvalue weighted by Crippen LogP contribution is 2.30. The predicted molar refractivity (Wildman–Crippen MR) is 104 cm³/mol. The zero-order valence-electron chi connectivity index (χ0n) is 16.0. The third kappa shape index (κ3) is 4.46. The highest BCUT2D eigenvalue weighted by atomic mass is 32.1. The van der Waals surface area contributed by atoms with Crippen molar-refractivity contribution in [3.8, 4) is 16.5 Å². The van der Waals surface area contributed by atoms with Crippen molar-refractivity contribution in [2.75, 3.05) is 0 Å². The minimum atomic E-state index is -0.748. The smallest absolute Gasteiger partial charge is 0.408 e. The molecule has 0 saturated carbocycles. The molecule has 1 N–H and O–H groups in total. The summed E-state index contributed by atoms with van der Waals surface area (Å²) in [6.07, 6.45) is 1.33. The maximum atomic E-state index is 13.7. The van der Waals surface area contributed by atoms with Gasteiger partial charge in [0.05, 0.1) is 26.9 Å². The Morgan fingerprint density at radius 1 is 1.46 bits per heavy atom. The first-order valence-corrected chi connectivity index (χ1v) is 9.44. The molecule has 0 spiro atoms. The van der Waals surface area contributed by atoms with Crippen LogP contribution < -0.4 is 5.32 Å². The first-order chi connectivity index (χ1) is 13.2. The van der Waals surface area contributed by atoms with Crippen LogP contribution in [-0.4, -0.2) is 32.5 Å². The van der Waals surface area contributed by atoms with Crippen molar-refractivity contribution in [1.82, 2.24) is 20.1 Å². The van der Waals surface area contributed by atoms with E-state index < -0.39 is 23.7 Å². The molecule has 0 fully saturated rings.